The summed E-state index contributed by atoms with van der Waals surface area (Å²) in [5.41, 5.74) is 4.15. The summed E-state index contributed by atoms with van der Waals surface area (Å²) < 4.78 is 0. The van der Waals surface area contributed by atoms with Crippen LogP contribution in [-0.2, 0) is 11.2 Å². The van der Waals surface area contributed by atoms with Crippen LogP contribution in [0.15, 0.2) is 18.2 Å². The van der Waals surface area contributed by atoms with Crippen molar-refractivity contribution in [1.82, 2.24) is 10.6 Å². The van der Waals surface area contributed by atoms with Gasteiger partial charge in [-0.15, -0.1) is 0 Å². The van der Waals surface area contributed by atoms with Crippen molar-refractivity contribution in [1.29, 1.82) is 0 Å². The monoisotopic (exact) mass is 289 g/mol. The maximum atomic E-state index is 11.3. The molecular weight excluding hydrogens is 262 g/mol. The summed E-state index contributed by atoms with van der Waals surface area (Å²) in [4.78, 5) is 13.7. The standard InChI is InChI=1S/C17H27N3O/c1-13(18-2)14-8-9-16-15(12-14)6-4-10-20(16)11-5-7-17(21)19-3/h8-9,12-13,18H,4-7,10-11H2,1-3H3,(H,19,21). The Kier molecular flexibility index (Phi) is 5.62. The maximum Gasteiger partial charge on any atom is 0.219 e. The minimum Gasteiger partial charge on any atom is -0.371 e. The van der Waals surface area contributed by atoms with Crippen molar-refractivity contribution in [3.8, 4) is 0 Å². The Hall–Kier alpha value is -1.55. The van der Waals surface area contributed by atoms with Crippen LogP contribution < -0.4 is 15.5 Å². The summed E-state index contributed by atoms with van der Waals surface area (Å²) in [6.45, 7) is 4.24. The molecule has 2 rings (SSSR count). The molecule has 4 nitrogen and oxygen atoms in total. The average Bonchev–Trinajstić information content (AvgIpc) is 2.53. The van der Waals surface area contributed by atoms with Gasteiger partial charge in [-0.2, -0.15) is 0 Å². The van der Waals surface area contributed by atoms with Crippen LogP contribution in [0.2, 0.25) is 0 Å². The molecule has 1 aromatic carbocycles. The second-order valence-electron chi connectivity index (χ2n) is 5.77. The smallest absolute Gasteiger partial charge is 0.219 e. The van der Waals surface area contributed by atoms with E-state index in [1.807, 2.05) is 7.05 Å². The number of fused-ring (bicyclic) bond motifs is 1. The van der Waals surface area contributed by atoms with Crippen LogP contribution in [0.3, 0.4) is 0 Å². The molecule has 0 aliphatic carbocycles. The van der Waals surface area contributed by atoms with Crippen LogP contribution in [0.1, 0.15) is 43.4 Å². The zero-order valence-electron chi connectivity index (χ0n) is 13.4. The number of carbonyl (C=O) groups is 1. The number of anilines is 1. The Morgan fingerprint density at radius 1 is 1.38 bits per heavy atom. The molecule has 0 radical (unpaired) electrons. The van der Waals surface area contributed by atoms with E-state index in [-0.39, 0.29) is 5.91 Å². The SMILES string of the molecule is CNC(=O)CCCN1CCCc2cc(C(C)NC)ccc21. The molecular formula is C17H27N3O. The van der Waals surface area contributed by atoms with E-state index in [9.17, 15) is 4.79 Å². The van der Waals surface area contributed by atoms with E-state index in [0.717, 1.165) is 25.9 Å². The lowest BCUT2D eigenvalue weighted by molar-refractivity contribution is -0.120. The quantitative estimate of drug-likeness (QED) is 0.844. The fourth-order valence-corrected chi connectivity index (χ4v) is 2.92. The molecule has 1 unspecified atom stereocenters. The predicted molar refractivity (Wildman–Crippen MR) is 87.8 cm³/mol. The third-order valence-electron chi connectivity index (χ3n) is 4.36. The molecule has 1 aliphatic rings. The molecule has 0 bridgehead atoms. The van der Waals surface area contributed by atoms with Gasteiger partial charge in [0, 0.05) is 38.3 Å². The van der Waals surface area contributed by atoms with Gasteiger partial charge in [0.25, 0.3) is 0 Å². The van der Waals surface area contributed by atoms with Gasteiger partial charge < -0.3 is 15.5 Å². The molecule has 1 aromatic rings. The maximum absolute atomic E-state index is 11.3. The number of aryl methyl sites for hydroxylation is 1. The van der Waals surface area contributed by atoms with Crippen molar-refractivity contribution in [3.05, 3.63) is 29.3 Å². The van der Waals surface area contributed by atoms with E-state index >= 15 is 0 Å². The first kappa shape index (κ1) is 15.8. The van der Waals surface area contributed by atoms with Crippen molar-refractivity contribution in [2.45, 2.75) is 38.6 Å². The number of nitrogens with one attached hydrogen (secondary N) is 2. The molecule has 116 valence electrons. The average molecular weight is 289 g/mol. The number of hydrogen-bond acceptors (Lipinski definition) is 3. The van der Waals surface area contributed by atoms with E-state index in [4.69, 9.17) is 0 Å². The molecule has 0 saturated heterocycles. The Morgan fingerprint density at radius 3 is 2.90 bits per heavy atom. The largest absolute Gasteiger partial charge is 0.371 e. The highest BCUT2D eigenvalue weighted by Crippen LogP contribution is 2.29. The van der Waals surface area contributed by atoms with Crippen molar-refractivity contribution in [2.24, 2.45) is 0 Å². The predicted octanol–water partition coefficient (Wildman–Crippen LogP) is 2.25. The van der Waals surface area contributed by atoms with E-state index in [0.29, 0.717) is 12.5 Å². The highest BCUT2D eigenvalue weighted by molar-refractivity contribution is 5.75. The topological polar surface area (TPSA) is 44.4 Å². The van der Waals surface area contributed by atoms with Gasteiger partial charge in [0.2, 0.25) is 5.91 Å². The van der Waals surface area contributed by atoms with Gasteiger partial charge in [0.15, 0.2) is 0 Å². The van der Waals surface area contributed by atoms with Crippen molar-refractivity contribution >= 4 is 11.6 Å². The van der Waals surface area contributed by atoms with Crippen molar-refractivity contribution in [2.75, 3.05) is 32.1 Å². The Morgan fingerprint density at radius 2 is 2.19 bits per heavy atom. The normalized spacial score (nSPS) is 15.5. The summed E-state index contributed by atoms with van der Waals surface area (Å²) in [5, 5.41) is 5.98. The van der Waals surface area contributed by atoms with Gasteiger partial charge in [0.1, 0.15) is 0 Å². The zero-order valence-corrected chi connectivity index (χ0v) is 13.4. The van der Waals surface area contributed by atoms with Crippen molar-refractivity contribution < 1.29 is 4.79 Å². The zero-order chi connectivity index (χ0) is 15.2. The number of rotatable bonds is 6. The van der Waals surface area contributed by atoms with Gasteiger partial charge >= 0.3 is 0 Å². The highest BCUT2D eigenvalue weighted by Gasteiger charge is 2.18. The first-order valence-corrected chi connectivity index (χ1v) is 7.91. The second-order valence-corrected chi connectivity index (χ2v) is 5.77. The Labute approximate surface area is 127 Å². The molecule has 0 fully saturated rings. The molecule has 1 amide bonds. The molecule has 1 atom stereocenters. The lowest BCUT2D eigenvalue weighted by atomic mass is 9.96. The lowest BCUT2D eigenvalue weighted by Gasteiger charge is -2.32. The molecule has 0 aromatic heterocycles. The second kappa shape index (κ2) is 7.46. The van der Waals surface area contributed by atoms with Crippen LogP contribution in [-0.4, -0.2) is 33.1 Å². The summed E-state index contributed by atoms with van der Waals surface area (Å²) in [5.74, 6) is 0.130. The molecule has 1 aliphatic heterocycles. The van der Waals surface area contributed by atoms with Crippen LogP contribution in [0, 0.1) is 0 Å². The van der Waals surface area contributed by atoms with E-state index < -0.39 is 0 Å². The van der Waals surface area contributed by atoms with E-state index in [1.54, 1.807) is 7.05 Å². The summed E-state index contributed by atoms with van der Waals surface area (Å²) >= 11 is 0. The fraction of sp³-hybridized carbons (Fsp3) is 0.588. The third-order valence-corrected chi connectivity index (χ3v) is 4.36. The van der Waals surface area contributed by atoms with E-state index in [1.165, 1.54) is 23.2 Å². The molecule has 21 heavy (non-hydrogen) atoms. The third kappa shape index (κ3) is 3.97. The van der Waals surface area contributed by atoms with Gasteiger partial charge in [-0.1, -0.05) is 12.1 Å². The molecule has 4 heteroatoms. The summed E-state index contributed by atoms with van der Waals surface area (Å²) in [6.07, 6.45) is 3.88. The Balaban J connectivity index is 2.03. The minimum atomic E-state index is 0.130. The van der Waals surface area contributed by atoms with Crippen LogP contribution >= 0.6 is 0 Å². The molecule has 0 saturated carbocycles. The number of amides is 1. The van der Waals surface area contributed by atoms with Crippen LogP contribution in [0.5, 0.6) is 0 Å². The van der Waals surface area contributed by atoms with E-state index in [2.05, 4.69) is 40.7 Å². The van der Waals surface area contributed by atoms with Crippen LogP contribution in [0.25, 0.3) is 0 Å². The molecule has 1 heterocycles. The van der Waals surface area contributed by atoms with Gasteiger partial charge in [0.05, 0.1) is 0 Å². The lowest BCUT2D eigenvalue weighted by Crippen LogP contribution is -2.31. The molecule has 2 N–H and O–H groups in total. The van der Waals surface area contributed by atoms with Gasteiger partial charge in [-0.25, -0.2) is 0 Å². The summed E-state index contributed by atoms with van der Waals surface area (Å²) in [6, 6.07) is 7.19. The number of hydrogen-bond donors (Lipinski definition) is 2. The van der Waals surface area contributed by atoms with Crippen molar-refractivity contribution in [3.63, 3.8) is 0 Å². The van der Waals surface area contributed by atoms with Gasteiger partial charge in [-0.05, 0) is 50.4 Å². The fourth-order valence-electron chi connectivity index (χ4n) is 2.92. The highest BCUT2D eigenvalue weighted by atomic mass is 16.1. The number of nitrogens with zero attached hydrogens (tertiary/aromatic N) is 1. The number of benzene rings is 1. The Bertz CT molecular complexity index is 487. The first-order chi connectivity index (χ1) is 10.2. The van der Waals surface area contributed by atoms with Gasteiger partial charge in [-0.3, -0.25) is 4.79 Å². The molecule has 0 spiro atoms. The number of carbonyl (C=O) groups excluding carboxylic acids is 1. The first-order valence-electron chi connectivity index (χ1n) is 7.91. The summed E-state index contributed by atoms with van der Waals surface area (Å²) in [7, 11) is 3.69. The van der Waals surface area contributed by atoms with Crippen LogP contribution in [0.4, 0.5) is 5.69 Å². The minimum absolute atomic E-state index is 0.130.